The molecule has 30 heavy (non-hydrogen) atoms. The molecule has 3 amide bonds. The number of carbonyl (C=O) groups excluding carboxylic acids is 3. The molecule has 0 rings (SSSR count). The Bertz CT molecular complexity index is 587. The van der Waals surface area contributed by atoms with Crippen molar-refractivity contribution < 1.29 is 29.4 Å². The topological polar surface area (TPSA) is 171 Å². The summed E-state index contributed by atoms with van der Waals surface area (Å²) >= 11 is 1.46. The molecule has 4 unspecified atom stereocenters. The van der Waals surface area contributed by atoms with Crippen molar-refractivity contribution in [3.8, 4) is 0 Å². The van der Waals surface area contributed by atoms with Crippen molar-refractivity contribution in [2.45, 2.75) is 64.7 Å². The van der Waals surface area contributed by atoms with Crippen molar-refractivity contribution in [1.29, 1.82) is 0 Å². The highest BCUT2D eigenvalue weighted by atomic mass is 32.2. The number of carboxylic acids is 1. The molecule has 11 heteroatoms. The van der Waals surface area contributed by atoms with E-state index in [4.69, 9.17) is 5.73 Å². The highest BCUT2D eigenvalue weighted by molar-refractivity contribution is 7.98. The van der Waals surface area contributed by atoms with Gasteiger partial charge >= 0.3 is 5.97 Å². The van der Waals surface area contributed by atoms with Crippen LogP contribution < -0.4 is 21.7 Å². The van der Waals surface area contributed by atoms with Gasteiger partial charge in [0.05, 0.1) is 12.6 Å². The first-order chi connectivity index (χ1) is 13.9. The number of thioether (sulfide) groups is 1. The summed E-state index contributed by atoms with van der Waals surface area (Å²) in [6.45, 7) is 6.52. The molecule has 0 aromatic heterocycles. The minimum Gasteiger partial charge on any atom is -0.480 e. The standard InChI is InChI=1S/C19H36N4O6S/c1-10(2)8-13(16(25)21-12(19(28)29)6-7-30-5)22-17(26)14(9-24)23-18(27)15(20)11(3)4/h10-15,24H,6-9,20H2,1-5H3,(H,21,25)(H,22,26)(H,23,27)(H,28,29). The maximum atomic E-state index is 12.7. The molecule has 0 saturated carbocycles. The Labute approximate surface area is 182 Å². The maximum Gasteiger partial charge on any atom is 0.326 e. The Morgan fingerprint density at radius 1 is 0.900 bits per heavy atom. The van der Waals surface area contributed by atoms with Gasteiger partial charge in [0.25, 0.3) is 0 Å². The number of carboxylic acid groups (broad SMARTS) is 1. The van der Waals surface area contributed by atoms with Gasteiger partial charge in [0.15, 0.2) is 0 Å². The molecule has 7 N–H and O–H groups in total. The quantitative estimate of drug-likeness (QED) is 0.202. The zero-order chi connectivity index (χ0) is 23.4. The summed E-state index contributed by atoms with van der Waals surface area (Å²) in [5.41, 5.74) is 5.75. The monoisotopic (exact) mass is 448 g/mol. The summed E-state index contributed by atoms with van der Waals surface area (Å²) in [4.78, 5) is 48.7. The zero-order valence-corrected chi connectivity index (χ0v) is 19.1. The van der Waals surface area contributed by atoms with E-state index in [0.29, 0.717) is 5.75 Å². The van der Waals surface area contributed by atoms with Gasteiger partial charge < -0.3 is 31.9 Å². The fourth-order valence-corrected chi connectivity index (χ4v) is 2.98. The average Bonchev–Trinajstić information content (AvgIpc) is 2.66. The number of aliphatic hydroxyl groups is 1. The molecule has 0 bridgehead atoms. The lowest BCUT2D eigenvalue weighted by molar-refractivity contribution is -0.142. The minimum atomic E-state index is -1.28. The number of nitrogens with two attached hydrogens (primary N) is 1. The average molecular weight is 449 g/mol. The molecular formula is C19H36N4O6S. The van der Waals surface area contributed by atoms with Crippen LogP contribution in [-0.4, -0.2) is 76.7 Å². The Morgan fingerprint density at radius 2 is 1.40 bits per heavy atom. The molecule has 4 atom stereocenters. The number of aliphatic hydroxyl groups excluding tert-OH is 1. The highest BCUT2D eigenvalue weighted by Crippen LogP contribution is 2.08. The van der Waals surface area contributed by atoms with Crippen molar-refractivity contribution in [2.24, 2.45) is 17.6 Å². The lowest BCUT2D eigenvalue weighted by atomic mass is 10.0. The zero-order valence-electron chi connectivity index (χ0n) is 18.3. The number of aliphatic carboxylic acids is 1. The second kappa shape index (κ2) is 14.2. The fourth-order valence-electron chi connectivity index (χ4n) is 2.51. The van der Waals surface area contributed by atoms with Crippen LogP contribution in [0, 0.1) is 11.8 Å². The van der Waals surface area contributed by atoms with E-state index in [1.165, 1.54) is 11.8 Å². The Kier molecular flexibility index (Phi) is 13.3. The summed E-state index contributed by atoms with van der Waals surface area (Å²) in [6.07, 6.45) is 2.33. The van der Waals surface area contributed by atoms with Crippen molar-refractivity contribution >= 4 is 35.5 Å². The van der Waals surface area contributed by atoms with E-state index in [1.54, 1.807) is 13.8 Å². The van der Waals surface area contributed by atoms with Crippen LogP contribution in [-0.2, 0) is 19.2 Å². The lowest BCUT2D eigenvalue weighted by Crippen LogP contribution is -2.58. The minimum absolute atomic E-state index is 0.0204. The molecule has 0 aromatic carbocycles. The van der Waals surface area contributed by atoms with Gasteiger partial charge in [-0.1, -0.05) is 27.7 Å². The summed E-state index contributed by atoms with van der Waals surface area (Å²) < 4.78 is 0. The Balaban J connectivity index is 5.24. The van der Waals surface area contributed by atoms with Crippen LogP contribution >= 0.6 is 11.8 Å². The summed E-state index contributed by atoms with van der Waals surface area (Å²) in [7, 11) is 0. The highest BCUT2D eigenvalue weighted by Gasteiger charge is 2.30. The summed E-state index contributed by atoms with van der Waals surface area (Å²) in [6, 6.07) is -4.22. The van der Waals surface area contributed by atoms with Gasteiger partial charge in [-0.25, -0.2) is 4.79 Å². The van der Waals surface area contributed by atoms with Crippen molar-refractivity contribution in [3.63, 3.8) is 0 Å². The van der Waals surface area contributed by atoms with Gasteiger partial charge in [-0.05, 0) is 36.7 Å². The summed E-state index contributed by atoms with van der Waals surface area (Å²) in [5.74, 6) is -2.73. The van der Waals surface area contributed by atoms with Gasteiger partial charge in [-0.3, -0.25) is 14.4 Å². The fraction of sp³-hybridized carbons (Fsp3) is 0.789. The van der Waals surface area contributed by atoms with Gasteiger partial charge in [-0.15, -0.1) is 0 Å². The maximum absolute atomic E-state index is 12.7. The third kappa shape index (κ3) is 10.3. The molecule has 174 valence electrons. The van der Waals surface area contributed by atoms with Crippen LogP contribution in [0.4, 0.5) is 0 Å². The number of nitrogens with one attached hydrogen (secondary N) is 3. The van der Waals surface area contributed by atoms with Crippen molar-refractivity contribution in [3.05, 3.63) is 0 Å². The van der Waals surface area contributed by atoms with Crippen LogP contribution in [0.3, 0.4) is 0 Å². The van der Waals surface area contributed by atoms with Gasteiger partial charge in [0.1, 0.15) is 18.1 Å². The number of amides is 3. The Morgan fingerprint density at radius 3 is 1.83 bits per heavy atom. The van der Waals surface area contributed by atoms with Gasteiger partial charge in [-0.2, -0.15) is 11.8 Å². The number of rotatable bonds is 14. The number of hydrogen-bond acceptors (Lipinski definition) is 7. The van der Waals surface area contributed by atoms with E-state index in [0.717, 1.165) is 0 Å². The molecular weight excluding hydrogens is 412 g/mol. The van der Waals surface area contributed by atoms with Crippen LogP contribution in [0.15, 0.2) is 0 Å². The normalized spacial score (nSPS) is 15.2. The SMILES string of the molecule is CSCCC(NC(=O)C(CC(C)C)NC(=O)C(CO)NC(=O)C(N)C(C)C)C(=O)O. The predicted octanol–water partition coefficient (Wildman–Crippen LogP) is -0.700. The number of carbonyl (C=O) groups is 4. The second-order valence-corrected chi connectivity index (χ2v) is 8.87. The molecule has 0 heterocycles. The third-order valence-corrected chi connectivity index (χ3v) is 5.05. The third-order valence-electron chi connectivity index (χ3n) is 4.40. The van der Waals surface area contributed by atoms with E-state index in [9.17, 15) is 29.4 Å². The molecule has 0 radical (unpaired) electrons. The van der Waals surface area contributed by atoms with E-state index >= 15 is 0 Å². The first-order valence-electron chi connectivity index (χ1n) is 9.93. The second-order valence-electron chi connectivity index (χ2n) is 7.89. The van der Waals surface area contributed by atoms with Crippen LogP contribution in [0.5, 0.6) is 0 Å². The molecule has 0 spiro atoms. The lowest BCUT2D eigenvalue weighted by Gasteiger charge is -2.25. The van der Waals surface area contributed by atoms with Crippen LogP contribution in [0.2, 0.25) is 0 Å². The van der Waals surface area contributed by atoms with Crippen LogP contribution in [0.25, 0.3) is 0 Å². The van der Waals surface area contributed by atoms with Gasteiger partial charge in [0.2, 0.25) is 17.7 Å². The first-order valence-corrected chi connectivity index (χ1v) is 11.3. The van der Waals surface area contributed by atoms with E-state index in [2.05, 4.69) is 16.0 Å². The smallest absolute Gasteiger partial charge is 0.326 e. The molecule has 0 fully saturated rings. The number of hydrogen-bond donors (Lipinski definition) is 6. The summed E-state index contributed by atoms with van der Waals surface area (Å²) in [5, 5.41) is 26.2. The van der Waals surface area contributed by atoms with E-state index in [1.807, 2.05) is 20.1 Å². The van der Waals surface area contributed by atoms with E-state index < -0.39 is 54.5 Å². The first kappa shape index (κ1) is 28.1. The van der Waals surface area contributed by atoms with E-state index in [-0.39, 0.29) is 24.7 Å². The molecule has 0 aliphatic carbocycles. The molecule has 0 aliphatic rings. The van der Waals surface area contributed by atoms with Crippen molar-refractivity contribution in [2.75, 3.05) is 18.6 Å². The molecule has 0 aromatic rings. The Hall–Kier alpha value is -1.85. The van der Waals surface area contributed by atoms with Crippen molar-refractivity contribution in [1.82, 2.24) is 16.0 Å². The molecule has 0 aliphatic heterocycles. The predicted molar refractivity (Wildman–Crippen MR) is 116 cm³/mol. The van der Waals surface area contributed by atoms with Gasteiger partial charge in [0, 0.05) is 0 Å². The molecule has 10 nitrogen and oxygen atoms in total. The molecule has 0 saturated heterocycles. The largest absolute Gasteiger partial charge is 0.480 e. The van der Waals surface area contributed by atoms with Crippen LogP contribution in [0.1, 0.15) is 40.5 Å².